The van der Waals surface area contributed by atoms with Crippen molar-refractivity contribution in [2.24, 2.45) is 0 Å². The van der Waals surface area contributed by atoms with Crippen molar-refractivity contribution in [2.45, 2.75) is 31.0 Å². The maximum Gasteiger partial charge on any atom is 0.412 e. The molecule has 0 spiro atoms. The fourth-order valence-electron chi connectivity index (χ4n) is 4.09. The number of ether oxygens (including phenoxy) is 1. The molecule has 196 valence electrons. The maximum atomic E-state index is 14.6. The SMILES string of the molecule is CN(CCC[C@H]1OC(=O)Nc2ccc(Cl)c(F)c21)C(=O)c1cnc(C(c2ccc(F)cc2)C(F)(F)F)[nH]1. The molecule has 37 heavy (non-hydrogen) atoms. The number of hydrogen-bond donors (Lipinski definition) is 2. The number of benzene rings is 2. The van der Waals surface area contributed by atoms with E-state index >= 15 is 0 Å². The van der Waals surface area contributed by atoms with E-state index in [1.807, 2.05) is 0 Å². The lowest BCUT2D eigenvalue weighted by molar-refractivity contribution is -0.142. The van der Waals surface area contributed by atoms with E-state index < -0.39 is 47.7 Å². The van der Waals surface area contributed by atoms with E-state index in [0.29, 0.717) is 0 Å². The highest BCUT2D eigenvalue weighted by molar-refractivity contribution is 6.31. The first-order chi connectivity index (χ1) is 17.5. The highest BCUT2D eigenvalue weighted by Gasteiger charge is 2.44. The average molecular weight is 543 g/mol. The van der Waals surface area contributed by atoms with Gasteiger partial charge in [-0.15, -0.1) is 0 Å². The molecule has 0 saturated carbocycles. The first kappa shape index (κ1) is 26.4. The molecule has 0 bridgehead atoms. The van der Waals surface area contributed by atoms with Crippen LogP contribution < -0.4 is 5.32 Å². The van der Waals surface area contributed by atoms with E-state index in [4.69, 9.17) is 16.3 Å². The second-order valence-corrected chi connectivity index (χ2v) is 8.83. The number of nitrogens with one attached hydrogen (secondary N) is 2. The smallest absolute Gasteiger partial charge is 0.412 e. The summed E-state index contributed by atoms with van der Waals surface area (Å²) in [5, 5.41) is 2.26. The first-order valence-corrected chi connectivity index (χ1v) is 11.4. The molecular weight excluding hydrogens is 523 g/mol. The average Bonchev–Trinajstić information content (AvgIpc) is 3.30. The van der Waals surface area contributed by atoms with Crippen molar-refractivity contribution in [2.75, 3.05) is 18.9 Å². The second-order valence-electron chi connectivity index (χ2n) is 8.42. The normalized spacial score (nSPS) is 16.0. The van der Waals surface area contributed by atoms with Gasteiger partial charge in [0.15, 0.2) is 5.82 Å². The third-order valence-electron chi connectivity index (χ3n) is 5.88. The molecule has 1 aliphatic rings. The molecule has 1 aromatic heterocycles. The Morgan fingerprint density at radius 2 is 1.89 bits per heavy atom. The van der Waals surface area contributed by atoms with Crippen LogP contribution in [0.25, 0.3) is 0 Å². The van der Waals surface area contributed by atoms with Gasteiger partial charge in [0.1, 0.15) is 29.4 Å². The summed E-state index contributed by atoms with van der Waals surface area (Å²) in [6.45, 7) is 0.118. The Bertz CT molecular complexity index is 1310. The van der Waals surface area contributed by atoms with Gasteiger partial charge in [0, 0.05) is 13.6 Å². The zero-order valence-electron chi connectivity index (χ0n) is 19.2. The number of carbonyl (C=O) groups is 2. The fraction of sp³-hybridized carbons (Fsp3) is 0.292. The van der Waals surface area contributed by atoms with Gasteiger partial charge in [-0.3, -0.25) is 10.1 Å². The number of rotatable bonds is 7. The van der Waals surface area contributed by atoms with Gasteiger partial charge >= 0.3 is 12.3 Å². The fourth-order valence-corrected chi connectivity index (χ4v) is 4.26. The van der Waals surface area contributed by atoms with Crippen LogP contribution in [0.3, 0.4) is 0 Å². The number of aromatic amines is 1. The lowest BCUT2D eigenvalue weighted by atomic mass is 9.98. The number of fused-ring (bicyclic) bond motifs is 1. The quantitative estimate of drug-likeness (QED) is 0.348. The van der Waals surface area contributed by atoms with Gasteiger partial charge in [0.2, 0.25) is 0 Å². The summed E-state index contributed by atoms with van der Waals surface area (Å²) in [7, 11) is 1.43. The van der Waals surface area contributed by atoms with Gasteiger partial charge in [-0.1, -0.05) is 23.7 Å². The summed E-state index contributed by atoms with van der Waals surface area (Å²) in [5.41, 5.74) is -0.0821. The largest absolute Gasteiger partial charge is 0.441 e. The van der Waals surface area contributed by atoms with Crippen LogP contribution in [0.5, 0.6) is 0 Å². The number of hydrogen-bond acceptors (Lipinski definition) is 4. The summed E-state index contributed by atoms with van der Waals surface area (Å²) in [4.78, 5) is 32.0. The maximum absolute atomic E-state index is 14.6. The molecular formula is C24H20ClF5N4O3. The molecule has 1 aliphatic heterocycles. The Kier molecular flexibility index (Phi) is 7.39. The van der Waals surface area contributed by atoms with E-state index in [1.54, 1.807) is 0 Å². The van der Waals surface area contributed by atoms with E-state index in [1.165, 1.54) is 24.1 Å². The number of amides is 2. The monoisotopic (exact) mass is 542 g/mol. The zero-order valence-corrected chi connectivity index (χ0v) is 20.0. The van der Waals surface area contributed by atoms with Crippen LogP contribution in [0.1, 0.15) is 52.3 Å². The number of H-pyrrole nitrogens is 1. The number of anilines is 1. The molecule has 2 N–H and O–H groups in total. The van der Waals surface area contributed by atoms with Crippen molar-refractivity contribution in [3.05, 3.63) is 81.9 Å². The van der Waals surface area contributed by atoms with Crippen LogP contribution >= 0.6 is 11.6 Å². The third-order valence-corrected chi connectivity index (χ3v) is 6.17. The summed E-state index contributed by atoms with van der Waals surface area (Å²) >= 11 is 5.85. The van der Waals surface area contributed by atoms with Crippen molar-refractivity contribution >= 4 is 29.3 Å². The van der Waals surface area contributed by atoms with Crippen LogP contribution in [0.15, 0.2) is 42.6 Å². The molecule has 0 aliphatic carbocycles. The van der Waals surface area contributed by atoms with Gasteiger partial charge in [-0.2, -0.15) is 13.2 Å². The molecule has 13 heteroatoms. The minimum Gasteiger partial charge on any atom is -0.441 e. The van der Waals surface area contributed by atoms with Crippen LogP contribution in [0.2, 0.25) is 5.02 Å². The van der Waals surface area contributed by atoms with Crippen LogP contribution in [0.4, 0.5) is 32.4 Å². The van der Waals surface area contributed by atoms with E-state index in [2.05, 4.69) is 15.3 Å². The minimum absolute atomic E-state index is 0.0956. The molecule has 0 fully saturated rings. The minimum atomic E-state index is -4.75. The Balaban J connectivity index is 1.43. The molecule has 0 saturated heterocycles. The molecule has 2 heterocycles. The number of carbonyl (C=O) groups excluding carboxylic acids is 2. The number of aromatic nitrogens is 2. The summed E-state index contributed by atoms with van der Waals surface area (Å²) in [5.74, 6) is -4.73. The Morgan fingerprint density at radius 1 is 1.19 bits per heavy atom. The second kappa shape index (κ2) is 10.4. The van der Waals surface area contributed by atoms with Crippen molar-refractivity contribution in [3.63, 3.8) is 0 Å². The zero-order chi connectivity index (χ0) is 26.9. The Labute approximate surface area is 212 Å². The van der Waals surface area contributed by atoms with Crippen LogP contribution in [0, 0.1) is 11.6 Å². The van der Waals surface area contributed by atoms with E-state index in [9.17, 15) is 31.5 Å². The van der Waals surface area contributed by atoms with Crippen molar-refractivity contribution in [3.8, 4) is 0 Å². The number of halogens is 6. The van der Waals surface area contributed by atoms with Gasteiger partial charge in [-0.25, -0.2) is 18.6 Å². The molecule has 2 atom stereocenters. The molecule has 0 radical (unpaired) electrons. The predicted octanol–water partition coefficient (Wildman–Crippen LogP) is 6.19. The summed E-state index contributed by atoms with van der Waals surface area (Å²) in [6, 6.07) is 6.60. The Morgan fingerprint density at radius 3 is 2.57 bits per heavy atom. The molecule has 4 rings (SSSR count). The van der Waals surface area contributed by atoms with Crippen molar-refractivity contribution in [1.82, 2.24) is 14.9 Å². The molecule has 3 aromatic rings. The lowest BCUT2D eigenvalue weighted by Gasteiger charge is -2.27. The van der Waals surface area contributed by atoms with Crippen molar-refractivity contribution < 1.29 is 36.3 Å². The van der Waals surface area contributed by atoms with Crippen molar-refractivity contribution in [1.29, 1.82) is 0 Å². The van der Waals surface area contributed by atoms with E-state index in [-0.39, 0.29) is 46.9 Å². The lowest BCUT2D eigenvalue weighted by Crippen LogP contribution is -2.30. The third kappa shape index (κ3) is 5.68. The van der Waals surface area contributed by atoms with Crippen LogP contribution in [-0.4, -0.2) is 46.6 Å². The Hall–Kier alpha value is -3.67. The number of imidazole rings is 1. The number of cyclic esters (lactones) is 1. The number of alkyl halides is 3. The van der Waals surface area contributed by atoms with Gasteiger partial charge in [0.25, 0.3) is 5.91 Å². The molecule has 7 nitrogen and oxygen atoms in total. The highest BCUT2D eigenvalue weighted by atomic mass is 35.5. The van der Waals surface area contributed by atoms with Gasteiger partial charge in [0.05, 0.1) is 22.5 Å². The van der Waals surface area contributed by atoms with Gasteiger partial charge < -0.3 is 14.6 Å². The molecule has 2 aromatic carbocycles. The van der Waals surface area contributed by atoms with E-state index in [0.717, 1.165) is 30.5 Å². The van der Waals surface area contributed by atoms with Gasteiger partial charge in [-0.05, 0) is 42.7 Å². The summed E-state index contributed by atoms with van der Waals surface area (Å²) < 4.78 is 74.2. The number of nitrogens with zero attached hydrogens (tertiary/aromatic N) is 2. The van der Waals surface area contributed by atoms with Crippen LogP contribution in [-0.2, 0) is 4.74 Å². The molecule has 2 amide bonds. The summed E-state index contributed by atoms with van der Waals surface area (Å²) in [6.07, 6.45) is -5.01. The molecule has 1 unspecified atom stereocenters. The highest BCUT2D eigenvalue weighted by Crippen LogP contribution is 2.39. The topological polar surface area (TPSA) is 87.3 Å². The first-order valence-electron chi connectivity index (χ1n) is 11.0. The predicted molar refractivity (Wildman–Crippen MR) is 123 cm³/mol. The standard InChI is InChI=1S/C24H20ClF5N4O3/c1-34(10-2-3-17-18-15(33-23(36)37-17)9-8-14(25)20(18)27)22(35)16-11-31-21(32-16)19(24(28,29)30)12-4-6-13(26)7-5-12/h4-9,11,17,19H,2-3,10H2,1H3,(H,31,32)(H,33,36)/t17-,19?/m1/s1.